The van der Waals surface area contributed by atoms with E-state index in [0.717, 1.165) is 5.69 Å². The predicted octanol–water partition coefficient (Wildman–Crippen LogP) is 4.87. The van der Waals surface area contributed by atoms with Crippen LogP contribution in [0.25, 0.3) is 16.9 Å². The van der Waals surface area contributed by atoms with Crippen LogP contribution in [0.5, 0.6) is 5.75 Å². The smallest absolute Gasteiger partial charge is 0.170 e. The van der Waals surface area contributed by atoms with Crippen molar-refractivity contribution in [3.05, 3.63) is 65.2 Å². The van der Waals surface area contributed by atoms with Crippen molar-refractivity contribution in [2.75, 3.05) is 12.4 Å². The van der Waals surface area contributed by atoms with Gasteiger partial charge in [-0.25, -0.2) is 15.0 Å². The Labute approximate surface area is 159 Å². The zero-order valence-corrected chi connectivity index (χ0v) is 15.2. The molecule has 26 heavy (non-hydrogen) atoms. The van der Waals surface area contributed by atoms with Crippen LogP contribution in [0.4, 0.5) is 11.5 Å². The van der Waals surface area contributed by atoms with Gasteiger partial charge in [-0.15, -0.1) is 0 Å². The number of imidazole rings is 1. The van der Waals surface area contributed by atoms with Gasteiger partial charge in [0.1, 0.15) is 18.4 Å². The molecule has 0 saturated carbocycles. The molecule has 0 aliphatic carbocycles. The lowest BCUT2D eigenvalue weighted by Gasteiger charge is -2.11. The molecular formula is C18H13Cl2N5O. The van der Waals surface area contributed by atoms with Gasteiger partial charge in [0, 0.05) is 15.7 Å². The number of hydrogen-bond acceptors (Lipinski definition) is 5. The number of methoxy groups -OCH3 is 1. The number of nitrogens with one attached hydrogen (secondary N) is 1. The van der Waals surface area contributed by atoms with Crippen LogP contribution >= 0.6 is 23.2 Å². The van der Waals surface area contributed by atoms with Gasteiger partial charge in [-0.05, 0) is 42.5 Å². The van der Waals surface area contributed by atoms with Crippen LogP contribution in [0.2, 0.25) is 10.0 Å². The van der Waals surface area contributed by atoms with Crippen molar-refractivity contribution in [3.8, 4) is 11.4 Å². The first-order valence-electron chi connectivity index (χ1n) is 7.70. The predicted molar refractivity (Wildman–Crippen MR) is 103 cm³/mol. The highest BCUT2D eigenvalue weighted by Crippen LogP contribution is 2.32. The minimum Gasteiger partial charge on any atom is -0.495 e. The summed E-state index contributed by atoms with van der Waals surface area (Å²) < 4.78 is 7.24. The molecule has 0 bridgehead atoms. The summed E-state index contributed by atoms with van der Waals surface area (Å²) in [6.45, 7) is 0. The van der Waals surface area contributed by atoms with Crippen LogP contribution in [0.15, 0.2) is 55.1 Å². The molecule has 0 atom stereocenters. The normalized spacial score (nSPS) is 10.9. The van der Waals surface area contributed by atoms with E-state index < -0.39 is 0 Å². The summed E-state index contributed by atoms with van der Waals surface area (Å²) in [5, 5.41) is 4.48. The molecule has 0 radical (unpaired) electrons. The Morgan fingerprint density at radius 2 is 1.73 bits per heavy atom. The number of ether oxygens (including phenoxy) is 1. The fourth-order valence-electron chi connectivity index (χ4n) is 2.62. The van der Waals surface area contributed by atoms with Crippen molar-refractivity contribution in [3.63, 3.8) is 0 Å². The van der Waals surface area contributed by atoms with Crippen molar-refractivity contribution < 1.29 is 4.74 Å². The highest BCUT2D eigenvalue weighted by molar-refractivity contribution is 6.31. The van der Waals surface area contributed by atoms with Crippen LogP contribution in [0.1, 0.15) is 0 Å². The lowest BCUT2D eigenvalue weighted by molar-refractivity contribution is 0.417. The summed E-state index contributed by atoms with van der Waals surface area (Å²) in [4.78, 5) is 13.1. The molecule has 2 aromatic carbocycles. The molecule has 8 heteroatoms. The molecule has 0 aliphatic heterocycles. The van der Waals surface area contributed by atoms with E-state index in [1.807, 2.05) is 28.8 Å². The lowest BCUT2D eigenvalue weighted by atomic mass is 10.3. The Morgan fingerprint density at radius 3 is 2.50 bits per heavy atom. The van der Waals surface area contributed by atoms with Gasteiger partial charge >= 0.3 is 0 Å². The molecule has 0 amide bonds. The maximum absolute atomic E-state index is 6.10. The van der Waals surface area contributed by atoms with E-state index in [4.69, 9.17) is 27.9 Å². The quantitative estimate of drug-likeness (QED) is 0.542. The fourth-order valence-corrected chi connectivity index (χ4v) is 2.92. The fraction of sp³-hybridized carbons (Fsp3) is 0.0556. The van der Waals surface area contributed by atoms with E-state index in [1.54, 1.807) is 31.6 Å². The molecular weight excluding hydrogens is 373 g/mol. The number of rotatable bonds is 4. The maximum Gasteiger partial charge on any atom is 0.170 e. The van der Waals surface area contributed by atoms with Crippen LogP contribution in [-0.4, -0.2) is 26.6 Å². The van der Waals surface area contributed by atoms with Gasteiger partial charge < -0.3 is 10.1 Å². The van der Waals surface area contributed by atoms with Gasteiger partial charge in [0.05, 0.1) is 12.8 Å². The third-order valence-electron chi connectivity index (χ3n) is 3.85. The van der Waals surface area contributed by atoms with Crippen molar-refractivity contribution in [2.45, 2.75) is 0 Å². The van der Waals surface area contributed by atoms with Gasteiger partial charge in [-0.1, -0.05) is 23.2 Å². The van der Waals surface area contributed by atoms with Crippen molar-refractivity contribution in [1.82, 2.24) is 19.5 Å². The molecule has 0 aliphatic rings. The summed E-state index contributed by atoms with van der Waals surface area (Å²) in [7, 11) is 1.60. The van der Waals surface area contributed by atoms with Gasteiger partial charge in [0.15, 0.2) is 17.0 Å². The third-order valence-corrected chi connectivity index (χ3v) is 4.34. The van der Waals surface area contributed by atoms with Crippen molar-refractivity contribution >= 4 is 45.9 Å². The highest BCUT2D eigenvalue weighted by atomic mass is 35.5. The van der Waals surface area contributed by atoms with Crippen LogP contribution in [0.3, 0.4) is 0 Å². The number of anilines is 2. The minimum atomic E-state index is 0.559. The largest absolute Gasteiger partial charge is 0.495 e. The van der Waals surface area contributed by atoms with Gasteiger partial charge in [0.25, 0.3) is 0 Å². The molecule has 130 valence electrons. The second-order valence-corrected chi connectivity index (χ2v) is 6.33. The average molecular weight is 386 g/mol. The molecule has 1 N–H and O–H groups in total. The van der Waals surface area contributed by atoms with E-state index >= 15 is 0 Å². The Kier molecular flexibility index (Phi) is 4.36. The molecule has 6 nitrogen and oxygen atoms in total. The molecule has 0 fully saturated rings. The maximum atomic E-state index is 6.10. The number of halogens is 2. The monoisotopic (exact) mass is 385 g/mol. The van der Waals surface area contributed by atoms with E-state index in [9.17, 15) is 0 Å². The Bertz CT molecular complexity index is 1080. The van der Waals surface area contributed by atoms with E-state index in [1.165, 1.54) is 6.33 Å². The number of fused-ring (bicyclic) bond motifs is 1. The zero-order valence-electron chi connectivity index (χ0n) is 13.6. The Hall–Kier alpha value is -2.83. The van der Waals surface area contributed by atoms with Gasteiger partial charge in [-0.2, -0.15) is 0 Å². The van der Waals surface area contributed by atoms with E-state index in [-0.39, 0.29) is 0 Å². The van der Waals surface area contributed by atoms with Gasteiger partial charge in [0.2, 0.25) is 0 Å². The van der Waals surface area contributed by atoms with Crippen LogP contribution in [0, 0.1) is 0 Å². The Morgan fingerprint density at radius 1 is 0.962 bits per heavy atom. The summed E-state index contributed by atoms with van der Waals surface area (Å²) in [5.74, 6) is 1.21. The molecule has 4 rings (SSSR count). The summed E-state index contributed by atoms with van der Waals surface area (Å²) in [6, 6.07) is 12.8. The van der Waals surface area contributed by atoms with Crippen molar-refractivity contribution in [2.24, 2.45) is 0 Å². The van der Waals surface area contributed by atoms with Crippen LogP contribution < -0.4 is 10.1 Å². The third kappa shape index (κ3) is 3.05. The topological polar surface area (TPSA) is 64.9 Å². The first-order valence-corrected chi connectivity index (χ1v) is 8.46. The zero-order chi connectivity index (χ0) is 18.1. The highest BCUT2D eigenvalue weighted by Gasteiger charge is 2.13. The summed E-state index contributed by atoms with van der Waals surface area (Å²) in [6.07, 6.45) is 3.18. The van der Waals surface area contributed by atoms with Crippen LogP contribution in [-0.2, 0) is 0 Å². The minimum absolute atomic E-state index is 0.559. The van der Waals surface area contributed by atoms with Crippen molar-refractivity contribution in [1.29, 1.82) is 0 Å². The summed E-state index contributed by atoms with van der Waals surface area (Å²) >= 11 is 12.1. The lowest BCUT2D eigenvalue weighted by Crippen LogP contribution is -1.99. The number of benzene rings is 2. The van der Waals surface area contributed by atoms with Gasteiger partial charge in [-0.3, -0.25) is 4.57 Å². The SMILES string of the molecule is COc1ccc(Cl)cc1Nc1ncnc2c1ncn2-c1ccc(Cl)cc1. The van der Waals surface area contributed by atoms with E-state index in [0.29, 0.717) is 38.5 Å². The summed E-state index contributed by atoms with van der Waals surface area (Å²) in [5.41, 5.74) is 2.90. The first kappa shape index (κ1) is 16.6. The standard InChI is InChI=1S/C18H13Cl2N5O/c1-26-15-7-4-12(20)8-14(15)24-17-16-18(22-9-21-17)25(10-23-16)13-5-2-11(19)3-6-13/h2-10H,1H3,(H,21,22,24). The first-order chi connectivity index (χ1) is 12.7. The molecule has 2 heterocycles. The second kappa shape index (κ2) is 6.82. The number of aromatic nitrogens is 4. The second-order valence-electron chi connectivity index (χ2n) is 5.46. The molecule has 0 saturated heterocycles. The van der Waals surface area contributed by atoms with E-state index in [2.05, 4.69) is 20.3 Å². The number of hydrogen-bond donors (Lipinski definition) is 1. The molecule has 0 spiro atoms. The average Bonchev–Trinajstić information content (AvgIpc) is 3.08. The molecule has 0 unspecified atom stereocenters. The number of nitrogens with zero attached hydrogens (tertiary/aromatic N) is 4. The molecule has 2 aromatic heterocycles. The molecule has 4 aromatic rings. The Balaban J connectivity index is 1.78.